The van der Waals surface area contributed by atoms with Crippen molar-refractivity contribution in [3.63, 3.8) is 0 Å². The molecular formula is C20H29ClN4O3. The van der Waals surface area contributed by atoms with Crippen LogP contribution in [0.1, 0.15) is 38.2 Å². The van der Waals surface area contributed by atoms with Crippen molar-refractivity contribution in [3.8, 4) is 11.5 Å². The number of primary amides is 1. The summed E-state index contributed by atoms with van der Waals surface area (Å²) in [6.45, 7) is 6.24. The molecule has 0 saturated carbocycles. The summed E-state index contributed by atoms with van der Waals surface area (Å²) in [7, 11) is 0. The molecule has 1 aromatic carbocycles. The Morgan fingerprint density at radius 2 is 2.18 bits per heavy atom. The Bertz CT molecular complexity index is 726. The predicted molar refractivity (Wildman–Crippen MR) is 110 cm³/mol. The molecule has 3 N–H and O–H groups in total. The monoisotopic (exact) mass is 408 g/mol. The first-order valence-electron chi connectivity index (χ1n) is 9.96. The van der Waals surface area contributed by atoms with Crippen molar-refractivity contribution in [1.82, 2.24) is 10.2 Å². The van der Waals surface area contributed by atoms with Crippen LogP contribution in [-0.2, 0) is 11.3 Å². The van der Waals surface area contributed by atoms with Gasteiger partial charge in [0.2, 0.25) is 5.91 Å². The van der Waals surface area contributed by atoms with Crippen molar-refractivity contribution >= 4 is 23.5 Å². The fraction of sp³-hybridized carbons (Fsp3) is 0.600. The van der Waals surface area contributed by atoms with Gasteiger partial charge in [0.25, 0.3) is 0 Å². The minimum Gasteiger partial charge on any atom is -0.489 e. The molecule has 1 atom stereocenters. The van der Waals surface area contributed by atoms with Crippen molar-refractivity contribution in [1.29, 1.82) is 0 Å². The number of nitrogens with one attached hydrogen (secondary N) is 1. The summed E-state index contributed by atoms with van der Waals surface area (Å²) >= 11 is 6.39. The molecule has 1 saturated heterocycles. The Morgan fingerprint density at radius 3 is 2.96 bits per heavy atom. The number of benzene rings is 1. The standard InChI is InChI=1S/C20H29ClN4O3/c1-2-23-20(25-6-3-5-14(13-25)11-18(22)26)24-12-15-9-16(21)19-17(10-15)27-7-4-8-28-19/h9-10,14H,2-8,11-13H2,1H3,(H2,22,26)(H,23,24). The molecule has 1 aromatic rings. The zero-order chi connectivity index (χ0) is 19.9. The van der Waals surface area contributed by atoms with E-state index in [9.17, 15) is 4.79 Å². The Hall–Kier alpha value is -2.15. The lowest BCUT2D eigenvalue weighted by Gasteiger charge is -2.34. The van der Waals surface area contributed by atoms with Gasteiger partial charge in [0, 0.05) is 32.5 Å². The summed E-state index contributed by atoms with van der Waals surface area (Å²) in [4.78, 5) is 18.3. The molecule has 8 heteroatoms. The van der Waals surface area contributed by atoms with Crippen molar-refractivity contribution in [2.24, 2.45) is 16.6 Å². The van der Waals surface area contributed by atoms with Gasteiger partial charge in [-0.05, 0) is 43.4 Å². The minimum absolute atomic E-state index is 0.240. The van der Waals surface area contributed by atoms with Crippen molar-refractivity contribution in [2.75, 3.05) is 32.8 Å². The van der Waals surface area contributed by atoms with Crippen LogP contribution < -0.4 is 20.5 Å². The Balaban J connectivity index is 1.73. The third-order valence-corrected chi connectivity index (χ3v) is 5.20. The third-order valence-electron chi connectivity index (χ3n) is 4.92. The molecular weight excluding hydrogens is 380 g/mol. The Labute approximate surface area is 171 Å². The maximum absolute atomic E-state index is 11.3. The smallest absolute Gasteiger partial charge is 0.217 e. The van der Waals surface area contributed by atoms with Gasteiger partial charge in [-0.1, -0.05) is 11.6 Å². The van der Waals surface area contributed by atoms with E-state index >= 15 is 0 Å². The summed E-state index contributed by atoms with van der Waals surface area (Å²) in [5, 5.41) is 3.90. The lowest BCUT2D eigenvalue weighted by molar-refractivity contribution is -0.119. The van der Waals surface area contributed by atoms with Crippen LogP contribution in [0.3, 0.4) is 0 Å². The summed E-state index contributed by atoms with van der Waals surface area (Å²) in [5.74, 6) is 2.18. The van der Waals surface area contributed by atoms with E-state index < -0.39 is 0 Å². The quantitative estimate of drug-likeness (QED) is 0.577. The maximum Gasteiger partial charge on any atom is 0.217 e. The second kappa shape index (κ2) is 9.87. The lowest BCUT2D eigenvalue weighted by Crippen LogP contribution is -2.47. The van der Waals surface area contributed by atoms with Gasteiger partial charge in [-0.25, -0.2) is 4.99 Å². The molecule has 1 unspecified atom stereocenters. The van der Waals surface area contributed by atoms with Gasteiger partial charge in [0.05, 0.1) is 24.8 Å². The second-order valence-electron chi connectivity index (χ2n) is 7.25. The number of carbonyl (C=O) groups excluding carboxylic acids is 1. The fourth-order valence-corrected chi connectivity index (χ4v) is 3.96. The van der Waals surface area contributed by atoms with Crippen LogP contribution in [0.4, 0.5) is 0 Å². The van der Waals surface area contributed by atoms with E-state index in [0.717, 1.165) is 50.4 Å². The first-order chi connectivity index (χ1) is 13.6. The number of hydrogen-bond acceptors (Lipinski definition) is 4. The Kier molecular flexibility index (Phi) is 7.25. The SMILES string of the molecule is CCNC(=NCc1cc(Cl)c2c(c1)OCCCO2)N1CCCC(CC(N)=O)C1. The summed E-state index contributed by atoms with van der Waals surface area (Å²) in [6.07, 6.45) is 3.31. The number of carbonyl (C=O) groups is 1. The lowest BCUT2D eigenvalue weighted by atomic mass is 9.95. The molecule has 2 aliphatic rings. The van der Waals surface area contributed by atoms with Gasteiger partial charge in [0.15, 0.2) is 17.5 Å². The molecule has 0 aliphatic carbocycles. The average Bonchev–Trinajstić information content (AvgIpc) is 2.91. The normalized spacial score (nSPS) is 19.9. The Morgan fingerprint density at radius 1 is 1.36 bits per heavy atom. The molecule has 1 amide bonds. The number of nitrogens with two attached hydrogens (primary N) is 1. The molecule has 7 nitrogen and oxygen atoms in total. The van der Waals surface area contributed by atoms with Crippen molar-refractivity contribution in [3.05, 3.63) is 22.7 Å². The third kappa shape index (κ3) is 5.44. The first-order valence-corrected chi connectivity index (χ1v) is 10.3. The summed E-state index contributed by atoms with van der Waals surface area (Å²) in [6, 6.07) is 3.83. The number of guanidine groups is 1. The van der Waals surface area contributed by atoms with E-state index in [4.69, 9.17) is 31.8 Å². The number of ether oxygens (including phenoxy) is 2. The van der Waals surface area contributed by atoms with E-state index in [-0.39, 0.29) is 11.8 Å². The van der Waals surface area contributed by atoms with E-state index in [1.165, 1.54) is 0 Å². The highest BCUT2D eigenvalue weighted by Gasteiger charge is 2.23. The van der Waals surface area contributed by atoms with E-state index in [1.54, 1.807) is 0 Å². The number of aliphatic imine (C=N–C) groups is 1. The highest BCUT2D eigenvalue weighted by molar-refractivity contribution is 6.32. The minimum atomic E-state index is -0.240. The first kappa shape index (κ1) is 20.6. The molecule has 28 heavy (non-hydrogen) atoms. The molecule has 0 radical (unpaired) electrons. The molecule has 2 heterocycles. The number of hydrogen-bond donors (Lipinski definition) is 2. The number of fused-ring (bicyclic) bond motifs is 1. The van der Waals surface area contributed by atoms with E-state index in [2.05, 4.69) is 10.2 Å². The fourth-order valence-electron chi connectivity index (χ4n) is 3.68. The molecule has 3 rings (SSSR count). The highest BCUT2D eigenvalue weighted by atomic mass is 35.5. The number of likely N-dealkylation sites (tertiary alicyclic amines) is 1. The van der Waals surface area contributed by atoms with Crippen LogP contribution in [0.25, 0.3) is 0 Å². The van der Waals surface area contributed by atoms with Crippen LogP contribution in [-0.4, -0.2) is 49.6 Å². The average molecular weight is 409 g/mol. The molecule has 0 spiro atoms. The van der Waals surface area contributed by atoms with Crippen LogP contribution >= 0.6 is 11.6 Å². The van der Waals surface area contributed by atoms with E-state index in [0.29, 0.717) is 42.7 Å². The highest BCUT2D eigenvalue weighted by Crippen LogP contribution is 2.38. The van der Waals surface area contributed by atoms with Gasteiger partial charge in [-0.2, -0.15) is 0 Å². The van der Waals surface area contributed by atoms with Gasteiger partial charge < -0.3 is 25.4 Å². The van der Waals surface area contributed by atoms with Crippen LogP contribution in [0.15, 0.2) is 17.1 Å². The van der Waals surface area contributed by atoms with Crippen molar-refractivity contribution in [2.45, 2.75) is 39.2 Å². The van der Waals surface area contributed by atoms with Gasteiger partial charge in [0.1, 0.15) is 0 Å². The largest absolute Gasteiger partial charge is 0.489 e. The summed E-state index contributed by atoms with van der Waals surface area (Å²) < 4.78 is 11.4. The summed E-state index contributed by atoms with van der Waals surface area (Å²) in [5.41, 5.74) is 6.35. The van der Waals surface area contributed by atoms with Gasteiger partial charge >= 0.3 is 0 Å². The topological polar surface area (TPSA) is 89.2 Å². The zero-order valence-corrected chi connectivity index (χ0v) is 17.1. The number of amides is 1. The zero-order valence-electron chi connectivity index (χ0n) is 16.4. The molecule has 2 aliphatic heterocycles. The predicted octanol–water partition coefficient (Wildman–Crippen LogP) is 2.55. The molecule has 154 valence electrons. The van der Waals surface area contributed by atoms with Gasteiger partial charge in [-0.15, -0.1) is 0 Å². The number of rotatable bonds is 5. The molecule has 0 bridgehead atoms. The number of halogens is 1. The number of nitrogens with zero attached hydrogens (tertiary/aromatic N) is 2. The number of piperidine rings is 1. The molecule has 0 aromatic heterocycles. The van der Waals surface area contributed by atoms with E-state index in [1.807, 2.05) is 19.1 Å². The van der Waals surface area contributed by atoms with Gasteiger partial charge in [-0.3, -0.25) is 4.79 Å². The maximum atomic E-state index is 11.3. The van der Waals surface area contributed by atoms with Crippen LogP contribution in [0, 0.1) is 5.92 Å². The van der Waals surface area contributed by atoms with Crippen molar-refractivity contribution < 1.29 is 14.3 Å². The molecule has 1 fully saturated rings. The van der Waals surface area contributed by atoms with Crippen LogP contribution in [0.2, 0.25) is 5.02 Å². The second-order valence-corrected chi connectivity index (χ2v) is 7.66. The van der Waals surface area contributed by atoms with Crippen LogP contribution in [0.5, 0.6) is 11.5 Å².